The highest BCUT2D eigenvalue weighted by Crippen LogP contribution is 2.11. The number of ether oxygens (including phenoxy) is 1. The summed E-state index contributed by atoms with van der Waals surface area (Å²) in [5, 5.41) is 2.90. The Balaban J connectivity index is 1.85. The molecule has 1 heterocycles. The van der Waals surface area contributed by atoms with Gasteiger partial charge in [0.1, 0.15) is 0 Å². The van der Waals surface area contributed by atoms with Crippen molar-refractivity contribution in [3.8, 4) is 0 Å². The zero-order valence-electron chi connectivity index (χ0n) is 9.11. The van der Waals surface area contributed by atoms with Crippen molar-refractivity contribution in [3.05, 3.63) is 29.8 Å². The van der Waals surface area contributed by atoms with E-state index < -0.39 is 0 Å². The molecule has 4 nitrogen and oxygen atoms in total. The van der Waals surface area contributed by atoms with E-state index in [0.29, 0.717) is 23.7 Å². The summed E-state index contributed by atoms with van der Waals surface area (Å²) in [5.41, 5.74) is 6.87. The molecule has 1 amide bonds. The largest absolute Gasteiger partial charge is 0.399 e. The molecule has 1 aliphatic rings. The first-order chi connectivity index (χ1) is 7.75. The Bertz CT molecular complexity index is 356. The summed E-state index contributed by atoms with van der Waals surface area (Å²) >= 11 is 0. The molecule has 0 saturated carbocycles. The van der Waals surface area contributed by atoms with Gasteiger partial charge in [-0.25, -0.2) is 0 Å². The van der Waals surface area contributed by atoms with Gasteiger partial charge < -0.3 is 15.8 Å². The Labute approximate surface area is 94.8 Å². The van der Waals surface area contributed by atoms with Crippen molar-refractivity contribution >= 4 is 11.6 Å². The van der Waals surface area contributed by atoms with Gasteiger partial charge in [-0.05, 0) is 30.7 Å². The van der Waals surface area contributed by atoms with E-state index in [4.69, 9.17) is 10.5 Å². The van der Waals surface area contributed by atoms with Crippen molar-refractivity contribution in [1.82, 2.24) is 5.32 Å². The van der Waals surface area contributed by atoms with E-state index in [1.54, 1.807) is 24.3 Å². The van der Waals surface area contributed by atoms with Gasteiger partial charge in [-0.2, -0.15) is 0 Å². The zero-order chi connectivity index (χ0) is 11.4. The third kappa shape index (κ3) is 2.73. The van der Waals surface area contributed by atoms with Crippen LogP contribution < -0.4 is 11.1 Å². The number of carbonyl (C=O) groups excluding carboxylic acids is 1. The van der Waals surface area contributed by atoms with E-state index in [0.717, 1.165) is 19.6 Å². The van der Waals surface area contributed by atoms with Crippen molar-refractivity contribution in [3.63, 3.8) is 0 Å². The van der Waals surface area contributed by atoms with Crippen LogP contribution in [0.5, 0.6) is 0 Å². The number of hydrogen-bond donors (Lipinski definition) is 2. The lowest BCUT2D eigenvalue weighted by atomic mass is 10.1. The monoisotopic (exact) mass is 220 g/mol. The molecule has 1 atom stereocenters. The fourth-order valence-electron chi connectivity index (χ4n) is 1.72. The summed E-state index contributed by atoms with van der Waals surface area (Å²) in [4.78, 5) is 11.7. The van der Waals surface area contributed by atoms with Gasteiger partial charge in [-0.3, -0.25) is 4.79 Å². The van der Waals surface area contributed by atoms with Gasteiger partial charge in [0.15, 0.2) is 0 Å². The summed E-state index contributed by atoms with van der Waals surface area (Å²) in [7, 11) is 0. The first-order valence-electron chi connectivity index (χ1n) is 5.47. The molecule has 0 aromatic heterocycles. The topological polar surface area (TPSA) is 64.4 Å². The third-order valence-corrected chi connectivity index (χ3v) is 2.75. The second kappa shape index (κ2) is 4.99. The van der Waals surface area contributed by atoms with E-state index in [9.17, 15) is 4.79 Å². The van der Waals surface area contributed by atoms with Crippen LogP contribution in [0.4, 0.5) is 5.69 Å². The van der Waals surface area contributed by atoms with Gasteiger partial charge in [-0.15, -0.1) is 0 Å². The summed E-state index contributed by atoms with van der Waals surface area (Å²) in [6, 6.07) is 6.92. The summed E-state index contributed by atoms with van der Waals surface area (Å²) in [6.45, 7) is 2.24. The lowest BCUT2D eigenvalue weighted by Crippen LogP contribution is -2.29. The minimum absolute atomic E-state index is 0.0492. The molecule has 4 heteroatoms. The molecule has 86 valence electrons. The van der Waals surface area contributed by atoms with Crippen LogP contribution >= 0.6 is 0 Å². The van der Waals surface area contributed by atoms with Crippen LogP contribution in [0, 0.1) is 5.92 Å². The Morgan fingerprint density at radius 1 is 1.44 bits per heavy atom. The van der Waals surface area contributed by atoms with Crippen LogP contribution in [0.3, 0.4) is 0 Å². The van der Waals surface area contributed by atoms with Crippen molar-refractivity contribution in [2.75, 3.05) is 25.5 Å². The molecular weight excluding hydrogens is 204 g/mol. The molecule has 1 aromatic rings. The number of benzene rings is 1. The zero-order valence-corrected chi connectivity index (χ0v) is 9.11. The van der Waals surface area contributed by atoms with Crippen molar-refractivity contribution < 1.29 is 9.53 Å². The maximum absolute atomic E-state index is 11.7. The maximum atomic E-state index is 11.7. The fraction of sp³-hybridized carbons (Fsp3) is 0.417. The number of carbonyl (C=O) groups is 1. The highest BCUT2D eigenvalue weighted by atomic mass is 16.5. The lowest BCUT2D eigenvalue weighted by Gasteiger charge is -2.09. The van der Waals surface area contributed by atoms with E-state index >= 15 is 0 Å². The Morgan fingerprint density at radius 3 is 2.81 bits per heavy atom. The molecule has 0 spiro atoms. The van der Waals surface area contributed by atoms with E-state index in [1.807, 2.05) is 0 Å². The first-order valence-corrected chi connectivity index (χ1v) is 5.47. The Kier molecular flexibility index (Phi) is 3.41. The van der Waals surface area contributed by atoms with Crippen LogP contribution in [0.1, 0.15) is 16.8 Å². The quantitative estimate of drug-likeness (QED) is 0.748. The number of amides is 1. The second-order valence-corrected chi connectivity index (χ2v) is 4.06. The minimum atomic E-state index is -0.0492. The molecule has 1 saturated heterocycles. The SMILES string of the molecule is Nc1ccc(C(=O)NC[C@@H]2CCOC2)cc1. The average molecular weight is 220 g/mol. The second-order valence-electron chi connectivity index (χ2n) is 4.06. The van der Waals surface area contributed by atoms with Crippen LogP contribution in [-0.2, 0) is 4.74 Å². The van der Waals surface area contributed by atoms with Gasteiger partial charge in [0.2, 0.25) is 0 Å². The summed E-state index contributed by atoms with van der Waals surface area (Å²) in [5.74, 6) is 0.407. The van der Waals surface area contributed by atoms with Gasteiger partial charge in [0.25, 0.3) is 5.91 Å². The number of nitrogens with two attached hydrogens (primary N) is 1. The highest BCUT2D eigenvalue weighted by molar-refractivity contribution is 5.94. The number of rotatable bonds is 3. The third-order valence-electron chi connectivity index (χ3n) is 2.75. The molecule has 0 radical (unpaired) electrons. The number of nitrogens with one attached hydrogen (secondary N) is 1. The first kappa shape index (κ1) is 11.0. The van der Waals surface area contributed by atoms with Crippen LogP contribution in [0.2, 0.25) is 0 Å². The van der Waals surface area contributed by atoms with Crippen molar-refractivity contribution in [1.29, 1.82) is 0 Å². The number of hydrogen-bond acceptors (Lipinski definition) is 3. The number of anilines is 1. The summed E-state index contributed by atoms with van der Waals surface area (Å²) < 4.78 is 5.24. The molecule has 1 aromatic carbocycles. The van der Waals surface area contributed by atoms with Gasteiger partial charge in [-0.1, -0.05) is 0 Å². The van der Waals surface area contributed by atoms with Gasteiger partial charge in [0.05, 0.1) is 6.61 Å². The van der Waals surface area contributed by atoms with Crippen LogP contribution in [0.15, 0.2) is 24.3 Å². The standard InChI is InChI=1S/C12H16N2O2/c13-11-3-1-10(2-4-11)12(15)14-7-9-5-6-16-8-9/h1-4,9H,5-8,13H2,(H,14,15)/t9-/m0/s1. The molecule has 0 aliphatic carbocycles. The average Bonchev–Trinajstić information content (AvgIpc) is 2.80. The molecule has 2 rings (SSSR count). The van der Waals surface area contributed by atoms with Crippen LogP contribution in [0.25, 0.3) is 0 Å². The molecule has 1 fully saturated rings. The highest BCUT2D eigenvalue weighted by Gasteiger charge is 2.16. The fourth-order valence-corrected chi connectivity index (χ4v) is 1.72. The Morgan fingerprint density at radius 2 is 2.19 bits per heavy atom. The van der Waals surface area contributed by atoms with Gasteiger partial charge in [0, 0.05) is 30.3 Å². The maximum Gasteiger partial charge on any atom is 0.251 e. The van der Waals surface area contributed by atoms with Crippen molar-refractivity contribution in [2.24, 2.45) is 5.92 Å². The molecular formula is C12H16N2O2. The predicted octanol–water partition coefficient (Wildman–Crippen LogP) is 1.04. The van der Waals surface area contributed by atoms with E-state index in [1.165, 1.54) is 0 Å². The van der Waals surface area contributed by atoms with E-state index in [2.05, 4.69) is 5.32 Å². The van der Waals surface area contributed by atoms with Crippen LogP contribution in [-0.4, -0.2) is 25.7 Å². The van der Waals surface area contributed by atoms with Gasteiger partial charge >= 0.3 is 0 Å². The molecule has 0 unspecified atom stereocenters. The molecule has 16 heavy (non-hydrogen) atoms. The lowest BCUT2D eigenvalue weighted by molar-refractivity contribution is 0.0945. The smallest absolute Gasteiger partial charge is 0.251 e. The normalized spacial score (nSPS) is 19.6. The summed E-state index contributed by atoms with van der Waals surface area (Å²) in [6.07, 6.45) is 1.03. The predicted molar refractivity (Wildman–Crippen MR) is 62.1 cm³/mol. The molecule has 1 aliphatic heterocycles. The molecule has 3 N–H and O–H groups in total. The Hall–Kier alpha value is -1.55. The molecule has 0 bridgehead atoms. The minimum Gasteiger partial charge on any atom is -0.399 e. The van der Waals surface area contributed by atoms with Crippen molar-refractivity contribution in [2.45, 2.75) is 6.42 Å². The van der Waals surface area contributed by atoms with E-state index in [-0.39, 0.29) is 5.91 Å². The number of nitrogen functional groups attached to an aromatic ring is 1.